The van der Waals surface area contributed by atoms with E-state index in [9.17, 15) is 9.90 Å². The quantitative estimate of drug-likeness (QED) is 0.446. The first-order valence-electron chi connectivity index (χ1n) is 10.8. The van der Waals surface area contributed by atoms with Crippen LogP contribution in [-0.4, -0.2) is 89.3 Å². The summed E-state index contributed by atoms with van der Waals surface area (Å²) >= 11 is 1.13. The monoisotopic (exact) mass is 472 g/mol. The zero-order valence-corrected chi connectivity index (χ0v) is 19.5. The lowest BCUT2D eigenvalue weighted by Gasteiger charge is -2.32. The number of hydrogen-bond donors (Lipinski definition) is 2. The number of rotatable bonds is 9. The number of likely N-dealkylation sites (N-methyl/N-ethyl adjacent to an activating group) is 1. The first-order valence-corrected chi connectivity index (χ1v) is 11.6. The molecule has 1 saturated heterocycles. The Morgan fingerprint density at radius 2 is 2.00 bits per heavy atom. The zero-order valence-electron chi connectivity index (χ0n) is 18.7. The maximum absolute atomic E-state index is 12.1. The largest absolute Gasteiger partial charge is 0.493 e. The molecular formula is C22H28N6O4S. The van der Waals surface area contributed by atoms with Crippen molar-refractivity contribution in [2.45, 2.75) is 12.3 Å². The van der Waals surface area contributed by atoms with Crippen molar-refractivity contribution in [3.8, 4) is 11.5 Å². The molecular weight excluding hydrogens is 444 g/mol. The fourth-order valence-corrected chi connectivity index (χ4v) is 4.72. The van der Waals surface area contributed by atoms with Crippen LogP contribution in [0.4, 0.5) is 5.13 Å². The molecule has 0 saturated carbocycles. The summed E-state index contributed by atoms with van der Waals surface area (Å²) in [6, 6.07) is 3.51. The molecule has 0 bridgehead atoms. The molecule has 3 N–H and O–H groups in total. The second-order valence-electron chi connectivity index (χ2n) is 8.00. The van der Waals surface area contributed by atoms with Gasteiger partial charge in [-0.05, 0) is 19.5 Å². The summed E-state index contributed by atoms with van der Waals surface area (Å²) in [4.78, 5) is 30.0. The standard InChI is InChI=1S/C22H28N6O4S/c1-27-5-7-28(8-6-27)4-3-9-32-17-11-15-14(10-16(17)31-2)20(26-13-25-15)19(21(29)30)18-12-24-22(23)33-18/h10-13,19H,3-9H2,1-2H3,(H2,23,24)(H,29,30). The van der Waals surface area contributed by atoms with Gasteiger partial charge in [0.2, 0.25) is 0 Å². The van der Waals surface area contributed by atoms with Crippen LogP contribution in [0.5, 0.6) is 11.5 Å². The van der Waals surface area contributed by atoms with Crippen LogP contribution in [0.25, 0.3) is 10.9 Å². The van der Waals surface area contributed by atoms with Gasteiger partial charge in [-0.25, -0.2) is 15.0 Å². The van der Waals surface area contributed by atoms with Gasteiger partial charge < -0.3 is 30.1 Å². The van der Waals surface area contributed by atoms with Crippen molar-refractivity contribution >= 4 is 33.3 Å². The molecule has 0 radical (unpaired) electrons. The Morgan fingerprint density at radius 3 is 2.67 bits per heavy atom. The predicted octanol–water partition coefficient (Wildman–Crippen LogP) is 1.91. The summed E-state index contributed by atoms with van der Waals surface area (Å²) in [5.74, 6) is -0.972. The van der Waals surface area contributed by atoms with Crippen LogP contribution in [0, 0.1) is 0 Å². The van der Waals surface area contributed by atoms with Gasteiger partial charge in [-0.2, -0.15) is 0 Å². The molecule has 1 fully saturated rings. The third-order valence-corrected chi connectivity index (χ3v) is 6.66. The molecule has 176 valence electrons. The Kier molecular flexibility index (Phi) is 7.21. The number of carboxylic acids is 1. The van der Waals surface area contributed by atoms with E-state index in [1.165, 1.54) is 12.5 Å². The van der Waals surface area contributed by atoms with E-state index < -0.39 is 11.9 Å². The number of anilines is 1. The van der Waals surface area contributed by atoms with E-state index in [1.54, 1.807) is 19.2 Å². The number of carbonyl (C=O) groups is 1. The highest BCUT2D eigenvalue weighted by Crippen LogP contribution is 2.37. The fraction of sp³-hybridized carbons (Fsp3) is 0.455. The molecule has 3 aromatic rings. The molecule has 11 heteroatoms. The van der Waals surface area contributed by atoms with E-state index in [1.807, 2.05) is 0 Å². The first-order chi connectivity index (χ1) is 16.0. The van der Waals surface area contributed by atoms with E-state index >= 15 is 0 Å². The molecule has 1 aliphatic rings. The van der Waals surface area contributed by atoms with Crippen molar-refractivity contribution < 1.29 is 19.4 Å². The molecule has 2 aromatic heterocycles. The van der Waals surface area contributed by atoms with Crippen LogP contribution in [0.1, 0.15) is 22.9 Å². The number of ether oxygens (including phenoxy) is 2. The number of aromatic nitrogens is 3. The van der Waals surface area contributed by atoms with E-state index in [0.717, 1.165) is 50.5 Å². The molecule has 1 aliphatic heterocycles. The molecule has 3 heterocycles. The number of nitrogen functional groups attached to an aromatic ring is 1. The van der Waals surface area contributed by atoms with E-state index in [2.05, 4.69) is 31.8 Å². The summed E-state index contributed by atoms with van der Waals surface area (Å²) in [6.45, 7) is 5.86. The molecule has 0 spiro atoms. The highest BCUT2D eigenvalue weighted by Gasteiger charge is 2.28. The lowest BCUT2D eigenvalue weighted by Crippen LogP contribution is -2.44. The van der Waals surface area contributed by atoms with Gasteiger partial charge in [0.25, 0.3) is 0 Å². The summed E-state index contributed by atoms with van der Waals surface area (Å²) < 4.78 is 11.6. The molecule has 0 aliphatic carbocycles. The number of benzene rings is 1. The van der Waals surface area contributed by atoms with Gasteiger partial charge in [0.15, 0.2) is 16.6 Å². The van der Waals surface area contributed by atoms with Gasteiger partial charge in [-0.15, -0.1) is 11.3 Å². The molecule has 4 rings (SSSR count). The van der Waals surface area contributed by atoms with Gasteiger partial charge in [-0.1, -0.05) is 0 Å². The van der Waals surface area contributed by atoms with Crippen LogP contribution in [0.15, 0.2) is 24.7 Å². The topological polar surface area (TPSA) is 127 Å². The van der Waals surface area contributed by atoms with Crippen molar-refractivity contribution in [1.29, 1.82) is 0 Å². The van der Waals surface area contributed by atoms with Gasteiger partial charge in [0.1, 0.15) is 12.2 Å². The number of piperazine rings is 1. The smallest absolute Gasteiger partial charge is 0.318 e. The third-order valence-electron chi connectivity index (χ3n) is 5.77. The molecule has 33 heavy (non-hydrogen) atoms. The van der Waals surface area contributed by atoms with Gasteiger partial charge in [0.05, 0.1) is 24.9 Å². The van der Waals surface area contributed by atoms with Gasteiger partial charge >= 0.3 is 5.97 Å². The number of fused-ring (bicyclic) bond motifs is 1. The van der Waals surface area contributed by atoms with Crippen molar-refractivity contribution in [1.82, 2.24) is 24.8 Å². The Bertz CT molecular complexity index is 1120. The maximum atomic E-state index is 12.1. The molecule has 1 atom stereocenters. The minimum absolute atomic E-state index is 0.305. The van der Waals surface area contributed by atoms with Crippen molar-refractivity contribution in [3.63, 3.8) is 0 Å². The first kappa shape index (κ1) is 23.1. The normalized spacial score (nSPS) is 16.1. The van der Waals surface area contributed by atoms with Crippen molar-refractivity contribution in [2.75, 3.05) is 59.2 Å². The lowest BCUT2D eigenvalue weighted by atomic mass is 9.99. The van der Waals surface area contributed by atoms with Gasteiger partial charge in [0, 0.05) is 55.3 Å². The number of methoxy groups -OCH3 is 1. The highest BCUT2D eigenvalue weighted by molar-refractivity contribution is 7.15. The second-order valence-corrected chi connectivity index (χ2v) is 9.09. The average molecular weight is 473 g/mol. The Labute approximate surface area is 196 Å². The number of nitrogens with zero attached hydrogens (tertiary/aromatic N) is 5. The summed E-state index contributed by atoms with van der Waals surface area (Å²) in [7, 11) is 3.70. The summed E-state index contributed by atoms with van der Waals surface area (Å²) in [5.41, 5.74) is 6.66. The molecule has 1 unspecified atom stereocenters. The summed E-state index contributed by atoms with van der Waals surface area (Å²) in [5, 5.41) is 10.8. The van der Waals surface area contributed by atoms with Gasteiger partial charge in [-0.3, -0.25) is 4.79 Å². The van der Waals surface area contributed by atoms with Crippen molar-refractivity contribution in [3.05, 3.63) is 35.2 Å². The summed E-state index contributed by atoms with van der Waals surface area (Å²) in [6.07, 6.45) is 3.73. The average Bonchev–Trinajstić information content (AvgIpc) is 3.23. The highest BCUT2D eigenvalue weighted by atomic mass is 32.1. The van der Waals surface area contributed by atoms with Crippen LogP contribution in [-0.2, 0) is 4.79 Å². The zero-order chi connectivity index (χ0) is 23.4. The Hall–Kier alpha value is -3.02. The van der Waals surface area contributed by atoms with Crippen LogP contribution in [0.2, 0.25) is 0 Å². The van der Waals surface area contributed by atoms with Crippen LogP contribution >= 0.6 is 11.3 Å². The number of aliphatic carboxylic acids is 1. The van der Waals surface area contributed by atoms with E-state index in [-0.39, 0.29) is 0 Å². The number of hydrogen-bond acceptors (Lipinski definition) is 10. The number of carboxylic acid groups (broad SMARTS) is 1. The maximum Gasteiger partial charge on any atom is 0.318 e. The van der Waals surface area contributed by atoms with E-state index in [0.29, 0.717) is 44.7 Å². The van der Waals surface area contributed by atoms with Crippen molar-refractivity contribution in [2.24, 2.45) is 0 Å². The Morgan fingerprint density at radius 1 is 1.21 bits per heavy atom. The SMILES string of the molecule is COc1cc2c(C(C(=O)O)c3cnc(N)s3)ncnc2cc1OCCCN1CCN(C)CC1. The minimum Gasteiger partial charge on any atom is -0.493 e. The fourth-order valence-electron chi connectivity index (χ4n) is 3.94. The number of nitrogens with two attached hydrogens (primary N) is 1. The third kappa shape index (κ3) is 5.32. The van der Waals surface area contributed by atoms with Crippen LogP contribution in [0.3, 0.4) is 0 Å². The van der Waals surface area contributed by atoms with Crippen LogP contribution < -0.4 is 15.2 Å². The molecule has 10 nitrogen and oxygen atoms in total. The predicted molar refractivity (Wildman–Crippen MR) is 126 cm³/mol. The molecule has 1 aromatic carbocycles. The second kappa shape index (κ2) is 10.3. The number of thiazole rings is 1. The molecule has 0 amide bonds. The van der Waals surface area contributed by atoms with E-state index in [4.69, 9.17) is 15.2 Å². The Balaban J connectivity index is 1.53. The lowest BCUT2D eigenvalue weighted by molar-refractivity contribution is -0.137. The minimum atomic E-state index is -1.04.